The number of amides is 1. The molecule has 0 radical (unpaired) electrons. The van der Waals surface area contributed by atoms with E-state index in [0.29, 0.717) is 17.9 Å². The summed E-state index contributed by atoms with van der Waals surface area (Å²) in [6.45, 7) is 6.30. The molecule has 3 fully saturated rings. The van der Waals surface area contributed by atoms with E-state index < -0.39 is 0 Å². The second kappa shape index (κ2) is 5.41. The van der Waals surface area contributed by atoms with Crippen molar-refractivity contribution in [3.63, 3.8) is 0 Å². The van der Waals surface area contributed by atoms with E-state index in [2.05, 4.69) is 29.1 Å². The average molecular weight is 265 g/mol. The molecule has 1 N–H and O–H groups in total. The predicted molar refractivity (Wildman–Crippen MR) is 75.9 cm³/mol. The minimum atomic E-state index is 0.110. The Morgan fingerprint density at radius 1 is 1.21 bits per heavy atom. The number of nitrogens with zero attached hydrogens (tertiary/aromatic N) is 2. The van der Waals surface area contributed by atoms with Gasteiger partial charge in [-0.05, 0) is 58.2 Å². The van der Waals surface area contributed by atoms with Gasteiger partial charge >= 0.3 is 0 Å². The molecule has 4 unspecified atom stereocenters. The molecule has 0 aromatic heterocycles. The Labute approximate surface area is 116 Å². The van der Waals surface area contributed by atoms with Crippen molar-refractivity contribution >= 4 is 5.91 Å². The molecule has 1 amide bonds. The minimum absolute atomic E-state index is 0.110. The molecule has 0 aromatic carbocycles. The van der Waals surface area contributed by atoms with Crippen molar-refractivity contribution in [2.75, 3.05) is 33.2 Å². The van der Waals surface area contributed by atoms with Gasteiger partial charge in [0.25, 0.3) is 0 Å². The normalized spacial score (nSPS) is 40.2. The van der Waals surface area contributed by atoms with E-state index in [4.69, 9.17) is 0 Å². The Kier molecular flexibility index (Phi) is 3.81. The number of carbonyl (C=O) groups excluding carboxylic acids is 1. The van der Waals surface area contributed by atoms with E-state index in [-0.39, 0.29) is 6.04 Å². The first-order valence-corrected chi connectivity index (χ1v) is 7.89. The van der Waals surface area contributed by atoms with Crippen molar-refractivity contribution in [1.29, 1.82) is 0 Å². The molecular weight excluding hydrogens is 238 g/mol. The minimum Gasteiger partial charge on any atom is -0.337 e. The zero-order valence-corrected chi connectivity index (χ0v) is 12.3. The van der Waals surface area contributed by atoms with Gasteiger partial charge in [0.05, 0.1) is 6.04 Å². The van der Waals surface area contributed by atoms with Gasteiger partial charge in [0.2, 0.25) is 5.91 Å². The summed E-state index contributed by atoms with van der Waals surface area (Å²) in [5.41, 5.74) is 0. The molecule has 0 spiro atoms. The smallest absolute Gasteiger partial charge is 0.240 e. The molecule has 4 heteroatoms. The van der Waals surface area contributed by atoms with Crippen molar-refractivity contribution in [3.8, 4) is 0 Å². The SMILES string of the molecule is CC1CN(C)CCCN1C(=O)C1NCC2CCCC21. The van der Waals surface area contributed by atoms with Crippen molar-refractivity contribution in [2.45, 2.75) is 44.7 Å². The highest BCUT2D eigenvalue weighted by Gasteiger charge is 2.44. The first-order valence-electron chi connectivity index (χ1n) is 7.89. The maximum Gasteiger partial charge on any atom is 0.240 e. The maximum absolute atomic E-state index is 12.9. The van der Waals surface area contributed by atoms with Gasteiger partial charge in [0, 0.05) is 19.1 Å². The Morgan fingerprint density at radius 3 is 2.89 bits per heavy atom. The summed E-state index contributed by atoms with van der Waals surface area (Å²) >= 11 is 0. The van der Waals surface area contributed by atoms with Crippen LogP contribution >= 0.6 is 0 Å². The van der Waals surface area contributed by atoms with Crippen LogP contribution in [0, 0.1) is 11.8 Å². The highest BCUT2D eigenvalue weighted by atomic mass is 16.2. The second-order valence-corrected chi connectivity index (χ2v) is 6.74. The van der Waals surface area contributed by atoms with Crippen LogP contribution < -0.4 is 5.32 Å². The van der Waals surface area contributed by atoms with Crippen LogP contribution in [0.4, 0.5) is 0 Å². The molecule has 0 bridgehead atoms. The van der Waals surface area contributed by atoms with Gasteiger partial charge in [-0.15, -0.1) is 0 Å². The van der Waals surface area contributed by atoms with E-state index >= 15 is 0 Å². The van der Waals surface area contributed by atoms with E-state index in [9.17, 15) is 4.79 Å². The van der Waals surface area contributed by atoms with Gasteiger partial charge in [-0.25, -0.2) is 0 Å². The van der Waals surface area contributed by atoms with Crippen LogP contribution in [0.1, 0.15) is 32.6 Å². The molecule has 2 aliphatic heterocycles. The predicted octanol–water partition coefficient (Wildman–Crippen LogP) is 0.927. The zero-order valence-electron chi connectivity index (χ0n) is 12.3. The summed E-state index contributed by atoms with van der Waals surface area (Å²) in [4.78, 5) is 17.3. The van der Waals surface area contributed by atoms with Gasteiger partial charge in [0.1, 0.15) is 0 Å². The fraction of sp³-hybridized carbons (Fsp3) is 0.933. The number of fused-ring (bicyclic) bond motifs is 1. The lowest BCUT2D eigenvalue weighted by molar-refractivity contribution is -0.136. The van der Waals surface area contributed by atoms with E-state index in [1.807, 2.05) is 0 Å². The lowest BCUT2D eigenvalue weighted by Gasteiger charge is -2.32. The molecule has 4 atom stereocenters. The van der Waals surface area contributed by atoms with Crippen molar-refractivity contribution in [2.24, 2.45) is 11.8 Å². The van der Waals surface area contributed by atoms with E-state index in [1.165, 1.54) is 19.3 Å². The summed E-state index contributed by atoms with van der Waals surface area (Å²) in [6, 6.07) is 0.459. The maximum atomic E-state index is 12.9. The highest BCUT2D eigenvalue weighted by molar-refractivity contribution is 5.83. The van der Waals surface area contributed by atoms with Gasteiger partial charge < -0.3 is 15.1 Å². The third kappa shape index (κ3) is 2.52. The standard InChI is InChI=1S/C15H27N3O/c1-11-10-17(2)7-4-8-18(11)15(19)14-13-6-3-5-12(13)9-16-14/h11-14,16H,3-10H2,1-2H3. The molecule has 108 valence electrons. The molecule has 3 rings (SSSR count). The topological polar surface area (TPSA) is 35.6 Å². The highest BCUT2D eigenvalue weighted by Crippen LogP contribution is 2.38. The van der Waals surface area contributed by atoms with Gasteiger partial charge in [-0.3, -0.25) is 4.79 Å². The van der Waals surface area contributed by atoms with Gasteiger partial charge in [0.15, 0.2) is 0 Å². The lowest BCUT2D eigenvalue weighted by Crippen LogP contribution is -2.51. The number of rotatable bonds is 1. The van der Waals surface area contributed by atoms with Gasteiger partial charge in [-0.1, -0.05) is 6.42 Å². The molecule has 1 aliphatic carbocycles. The Balaban J connectivity index is 1.69. The molecular formula is C15H27N3O. The Morgan fingerprint density at radius 2 is 2.05 bits per heavy atom. The van der Waals surface area contributed by atoms with Crippen molar-refractivity contribution in [3.05, 3.63) is 0 Å². The lowest BCUT2D eigenvalue weighted by atomic mass is 9.93. The van der Waals surface area contributed by atoms with Crippen molar-refractivity contribution in [1.82, 2.24) is 15.1 Å². The molecule has 4 nitrogen and oxygen atoms in total. The fourth-order valence-corrected chi connectivity index (χ4v) is 4.34. The molecule has 0 aromatic rings. The van der Waals surface area contributed by atoms with Crippen LogP contribution in [0.15, 0.2) is 0 Å². The average Bonchev–Trinajstić information content (AvgIpc) is 2.91. The first kappa shape index (κ1) is 13.4. The third-order valence-electron chi connectivity index (χ3n) is 5.34. The first-order chi connectivity index (χ1) is 9.16. The van der Waals surface area contributed by atoms with Crippen LogP contribution in [0.3, 0.4) is 0 Å². The molecule has 2 saturated heterocycles. The Bertz CT molecular complexity index is 346. The van der Waals surface area contributed by atoms with Crippen LogP contribution in [0.2, 0.25) is 0 Å². The molecule has 1 saturated carbocycles. The zero-order chi connectivity index (χ0) is 13.4. The summed E-state index contributed by atoms with van der Waals surface area (Å²) in [5.74, 6) is 1.75. The summed E-state index contributed by atoms with van der Waals surface area (Å²) < 4.78 is 0. The van der Waals surface area contributed by atoms with Crippen molar-refractivity contribution < 1.29 is 4.79 Å². The number of hydrogen-bond donors (Lipinski definition) is 1. The molecule has 2 heterocycles. The van der Waals surface area contributed by atoms with Gasteiger partial charge in [-0.2, -0.15) is 0 Å². The van der Waals surface area contributed by atoms with Crippen LogP contribution in [-0.2, 0) is 4.79 Å². The quantitative estimate of drug-likeness (QED) is 0.766. The van der Waals surface area contributed by atoms with E-state index in [1.54, 1.807) is 0 Å². The number of hydrogen-bond acceptors (Lipinski definition) is 3. The molecule has 3 aliphatic rings. The number of nitrogens with one attached hydrogen (secondary N) is 1. The summed E-state index contributed by atoms with van der Waals surface area (Å²) in [7, 11) is 2.16. The fourth-order valence-electron chi connectivity index (χ4n) is 4.34. The third-order valence-corrected chi connectivity index (χ3v) is 5.34. The summed E-state index contributed by atoms with van der Waals surface area (Å²) in [5, 5.41) is 3.50. The van der Waals surface area contributed by atoms with Crippen LogP contribution in [-0.4, -0.2) is 61.0 Å². The molecule has 19 heavy (non-hydrogen) atoms. The monoisotopic (exact) mass is 265 g/mol. The van der Waals surface area contributed by atoms with Crippen LogP contribution in [0.5, 0.6) is 0 Å². The number of carbonyl (C=O) groups is 1. The Hall–Kier alpha value is -0.610. The van der Waals surface area contributed by atoms with E-state index in [0.717, 1.165) is 38.5 Å². The summed E-state index contributed by atoms with van der Waals surface area (Å²) in [6.07, 6.45) is 4.99. The number of likely N-dealkylation sites (N-methyl/N-ethyl adjacent to an activating group) is 1. The van der Waals surface area contributed by atoms with Crippen LogP contribution in [0.25, 0.3) is 0 Å². The largest absolute Gasteiger partial charge is 0.337 e. The second-order valence-electron chi connectivity index (χ2n) is 6.74.